The van der Waals surface area contributed by atoms with Crippen LogP contribution in [0.3, 0.4) is 0 Å². The summed E-state index contributed by atoms with van der Waals surface area (Å²) in [6.45, 7) is 4.31. The topological polar surface area (TPSA) is 42.0 Å². The van der Waals surface area contributed by atoms with Gasteiger partial charge in [0.05, 0.1) is 17.8 Å². The van der Waals surface area contributed by atoms with Crippen molar-refractivity contribution in [1.82, 2.24) is 4.57 Å². The minimum atomic E-state index is 0.508. The average molecular weight is 669 g/mol. The fourth-order valence-electron chi connectivity index (χ4n) is 7.60. The van der Waals surface area contributed by atoms with E-state index in [9.17, 15) is 0 Å². The van der Waals surface area contributed by atoms with E-state index in [1.165, 1.54) is 61.2 Å². The largest absolute Gasteiger partial charge is 0.309 e. The van der Waals surface area contributed by atoms with Crippen molar-refractivity contribution < 1.29 is 0 Å². The predicted molar refractivity (Wildman–Crippen MR) is 218 cm³/mol. The molecule has 0 radical (unpaired) electrons. The number of para-hydroxylation sites is 2. The molecule has 0 saturated carbocycles. The Morgan fingerprint density at radius 3 is 2.13 bits per heavy atom. The summed E-state index contributed by atoms with van der Waals surface area (Å²) in [6.07, 6.45) is 8.76. The van der Waals surface area contributed by atoms with Gasteiger partial charge in [0.2, 0.25) is 0 Å². The second-order valence-corrected chi connectivity index (χ2v) is 13.2. The molecule has 4 heteroatoms. The Kier molecular flexibility index (Phi) is 8.18. The summed E-state index contributed by atoms with van der Waals surface area (Å²) in [4.78, 5) is 14.2. The van der Waals surface area contributed by atoms with Gasteiger partial charge in [-0.25, -0.2) is 9.98 Å². The molecule has 0 saturated heterocycles. The Balaban J connectivity index is 1.07. The summed E-state index contributed by atoms with van der Waals surface area (Å²) in [5, 5.41) is 1.27. The molecule has 2 aliphatic rings. The lowest BCUT2D eigenvalue weighted by molar-refractivity contribution is 1.05. The van der Waals surface area contributed by atoms with Crippen LogP contribution in [0.15, 0.2) is 179 Å². The maximum absolute atomic E-state index is 5.03. The van der Waals surface area contributed by atoms with Crippen LogP contribution in [0, 0.1) is 0 Å². The van der Waals surface area contributed by atoms with E-state index >= 15 is 0 Å². The Labute approximate surface area is 304 Å². The van der Waals surface area contributed by atoms with Gasteiger partial charge in [0, 0.05) is 33.3 Å². The summed E-state index contributed by atoms with van der Waals surface area (Å²) in [5.41, 5.74) is 15.7. The third kappa shape index (κ3) is 5.74. The number of allylic oxidation sites excluding steroid dienone is 2. The SMILES string of the molecule is C=NC(=NC(=NCc1ccc2c(c1)Cc1ccc(C3=CCC=Cc4c3n(-c3ccccc3)c3ccccc43)cc1-2)c1ccccc1)c1ccccc1. The molecule has 0 spiro atoms. The lowest BCUT2D eigenvalue weighted by Crippen LogP contribution is -2.05. The standard InChI is InChI=1S/C48H36N4/c1-49-47(34-15-5-2-6-16-34)51-48(35-17-7-3-8-18-35)50-32-33-25-28-40-38(29-33)30-36-26-27-37(31-44(36)40)41-21-11-12-23-43-42-22-13-14-24-45(42)52(46(41)43)39-19-9-4-10-20-39/h2-10,12-29,31H,1,11,30,32H2. The molecule has 0 bridgehead atoms. The van der Waals surface area contributed by atoms with Crippen LogP contribution in [0.5, 0.6) is 0 Å². The first-order valence-corrected chi connectivity index (χ1v) is 17.8. The van der Waals surface area contributed by atoms with Crippen molar-refractivity contribution in [3.8, 4) is 16.8 Å². The van der Waals surface area contributed by atoms with Crippen LogP contribution in [-0.2, 0) is 13.0 Å². The van der Waals surface area contributed by atoms with Gasteiger partial charge in [0.25, 0.3) is 0 Å². The lowest BCUT2D eigenvalue weighted by atomic mass is 9.94. The van der Waals surface area contributed by atoms with Crippen molar-refractivity contribution in [2.24, 2.45) is 15.0 Å². The van der Waals surface area contributed by atoms with E-state index in [1.807, 2.05) is 60.7 Å². The van der Waals surface area contributed by atoms with Gasteiger partial charge in [-0.3, -0.25) is 4.99 Å². The lowest BCUT2D eigenvalue weighted by Gasteiger charge is -2.16. The van der Waals surface area contributed by atoms with Crippen molar-refractivity contribution in [2.75, 3.05) is 0 Å². The van der Waals surface area contributed by atoms with Gasteiger partial charge in [-0.05, 0) is 77.2 Å². The highest BCUT2D eigenvalue weighted by Crippen LogP contribution is 2.43. The second kappa shape index (κ2) is 13.6. The Bertz CT molecular complexity index is 2590. The number of aliphatic imine (C=N–C) groups is 3. The molecule has 1 aromatic heterocycles. The first-order chi connectivity index (χ1) is 25.7. The number of fused-ring (bicyclic) bond motifs is 6. The molecule has 52 heavy (non-hydrogen) atoms. The van der Waals surface area contributed by atoms with Gasteiger partial charge >= 0.3 is 0 Å². The van der Waals surface area contributed by atoms with Gasteiger partial charge in [0.1, 0.15) is 0 Å². The number of hydrogen-bond donors (Lipinski definition) is 0. The zero-order valence-corrected chi connectivity index (χ0v) is 28.8. The molecule has 2 aliphatic carbocycles. The molecule has 9 rings (SSSR count). The number of amidine groups is 2. The summed E-state index contributed by atoms with van der Waals surface area (Å²) in [7, 11) is 0. The van der Waals surface area contributed by atoms with E-state index in [-0.39, 0.29) is 0 Å². The molecule has 0 aliphatic heterocycles. The summed E-state index contributed by atoms with van der Waals surface area (Å²) < 4.78 is 2.43. The fraction of sp³-hybridized carbons (Fsp3) is 0.0625. The Hall–Kier alpha value is -6.65. The van der Waals surface area contributed by atoms with E-state index in [4.69, 9.17) is 9.98 Å². The van der Waals surface area contributed by atoms with Crippen molar-refractivity contribution in [2.45, 2.75) is 19.4 Å². The predicted octanol–water partition coefficient (Wildman–Crippen LogP) is 11.1. The summed E-state index contributed by atoms with van der Waals surface area (Å²) in [6, 6.07) is 53.3. The summed E-state index contributed by atoms with van der Waals surface area (Å²) in [5.74, 6) is 1.19. The highest BCUT2D eigenvalue weighted by atomic mass is 15.0. The van der Waals surface area contributed by atoms with Crippen LogP contribution in [0.2, 0.25) is 0 Å². The average Bonchev–Trinajstić information content (AvgIpc) is 3.64. The number of benzene rings is 6. The van der Waals surface area contributed by atoms with E-state index < -0.39 is 0 Å². The number of hydrogen-bond acceptors (Lipinski definition) is 1. The van der Waals surface area contributed by atoms with Gasteiger partial charge < -0.3 is 4.57 Å². The van der Waals surface area contributed by atoms with Gasteiger partial charge in [0.15, 0.2) is 11.7 Å². The Morgan fingerprint density at radius 2 is 1.37 bits per heavy atom. The molecular weight excluding hydrogens is 633 g/mol. The van der Waals surface area contributed by atoms with Crippen LogP contribution in [0.4, 0.5) is 0 Å². The molecule has 248 valence electrons. The van der Waals surface area contributed by atoms with Crippen LogP contribution >= 0.6 is 0 Å². The summed E-state index contributed by atoms with van der Waals surface area (Å²) >= 11 is 0. The van der Waals surface area contributed by atoms with Crippen LogP contribution < -0.4 is 0 Å². The molecule has 1 heterocycles. The van der Waals surface area contributed by atoms with E-state index in [0.717, 1.165) is 29.5 Å². The number of nitrogens with zero attached hydrogens (tertiary/aromatic N) is 4. The minimum Gasteiger partial charge on any atom is -0.309 e. The number of rotatable bonds is 6. The van der Waals surface area contributed by atoms with Crippen molar-refractivity contribution in [3.63, 3.8) is 0 Å². The molecule has 0 unspecified atom stereocenters. The zero-order chi connectivity index (χ0) is 34.9. The first kappa shape index (κ1) is 31.3. The van der Waals surface area contributed by atoms with Crippen molar-refractivity contribution in [3.05, 3.63) is 208 Å². The quantitative estimate of drug-likeness (QED) is 0.125. The first-order valence-electron chi connectivity index (χ1n) is 17.8. The monoisotopic (exact) mass is 668 g/mol. The zero-order valence-electron chi connectivity index (χ0n) is 28.8. The highest BCUT2D eigenvalue weighted by Gasteiger charge is 2.25. The second-order valence-electron chi connectivity index (χ2n) is 13.2. The van der Waals surface area contributed by atoms with E-state index in [1.54, 1.807) is 0 Å². The molecule has 4 nitrogen and oxygen atoms in total. The molecule has 0 N–H and O–H groups in total. The molecular formula is C48H36N4. The van der Waals surface area contributed by atoms with Gasteiger partial charge in [-0.1, -0.05) is 146 Å². The maximum atomic E-state index is 5.03. The highest BCUT2D eigenvalue weighted by molar-refractivity contribution is 6.12. The van der Waals surface area contributed by atoms with Crippen molar-refractivity contribution >= 4 is 40.9 Å². The Morgan fingerprint density at radius 1 is 0.654 bits per heavy atom. The van der Waals surface area contributed by atoms with E-state index in [2.05, 4.69) is 126 Å². The van der Waals surface area contributed by atoms with Crippen LogP contribution in [-0.4, -0.2) is 23.0 Å². The molecule has 0 amide bonds. The smallest absolute Gasteiger partial charge is 0.161 e. The van der Waals surface area contributed by atoms with Gasteiger partial charge in [-0.2, -0.15) is 0 Å². The third-order valence-corrected chi connectivity index (χ3v) is 10.0. The van der Waals surface area contributed by atoms with Crippen LogP contribution in [0.1, 0.15) is 51.1 Å². The van der Waals surface area contributed by atoms with E-state index in [0.29, 0.717) is 18.2 Å². The third-order valence-electron chi connectivity index (χ3n) is 10.0. The molecule has 7 aromatic rings. The molecule has 0 fully saturated rings. The van der Waals surface area contributed by atoms with Gasteiger partial charge in [-0.15, -0.1) is 0 Å². The fourth-order valence-corrected chi connectivity index (χ4v) is 7.60. The minimum absolute atomic E-state index is 0.508. The van der Waals surface area contributed by atoms with Crippen molar-refractivity contribution in [1.29, 1.82) is 0 Å². The normalized spacial score (nSPS) is 13.7. The maximum Gasteiger partial charge on any atom is 0.161 e. The van der Waals surface area contributed by atoms with Crippen LogP contribution in [0.25, 0.3) is 39.4 Å². The number of aromatic nitrogens is 1. The molecule has 6 aromatic carbocycles. The molecule has 0 atom stereocenters.